The Morgan fingerprint density at radius 3 is 2.73 bits per heavy atom. The topological polar surface area (TPSA) is 15.3 Å². The molecular weight excluding hydrogens is 136 g/mol. The van der Waals surface area contributed by atoms with Crippen molar-refractivity contribution >= 4 is 0 Å². The van der Waals surface area contributed by atoms with Crippen LogP contribution in [-0.4, -0.2) is 37.6 Å². The number of piperidine rings is 1. The van der Waals surface area contributed by atoms with Crippen molar-refractivity contribution in [3.63, 3.8) is 0 Å². The van der Waals surface area contributed by atoms with Gasteiger partial charge in [-0.1, -0.05) is 6.92 Å². The van der Waals surface area contributed by atoms with Gasteiger partial charge in [0.1, 0.15) is 0 Å². The van der Waals surface area contributed by atoms with E-state index in [2.05, 4.69) is 17.1 Å². The number of likely N-dealkylation sites (tertiary alicyclic amines) is 1. The predicted octanol–water partition coefficient (Wildman–Crippen LogP) is 0.548. The first-order chi connectivity index (χ1) is 5.40. The first kappa shape index (κ1) is 7.56. The Bertz CT molecular complexity index is 126. The van der Waals surface area contributed by atoms with E-state index in [4.69, 9.17) is 0 Å². The lowest BCUT2D eigenvalue weighted by atomic mass is 10.4. The van der Waals surface area contributed by atoms with Gasteiger partial charge >= 0.3 is 0 Å². The quantitative estimate of drug-likeness (QED) is 0.595. The highest BCUT2D eigenvalue weighted by atomic mass is 15.2. The number of nitrogens with one attached hydrogen (secondary N) is 1. The Morgan fingerprint density at radius 1 is 1.36 bits per heavy atom. The van der Waals surface area contributed by atoms with Gasteiger partial charge < -0.3 is 10.2 Å². The maximum Gasteiger partial charge on any atom is 0.0107 e. The minimum atomic E-state index is 1.09. The van der Waals surface area contributed by atoms with Crippen LogP contribution < -0.4 is 5.32 Å². The minimum absolute atomic E-state index is 1.09. The van der Waals surface area contributed by atoms with E-state index in [0.29, 0.717) is 0 Å². The number of likely N-dealkylation sites (N-methyl/N-ethyl adjacent to an activating group) is 1. The van der Waals surface area contributed by atoms with Crippen molar-refractivity contribution in [3.8, 4) is 0 Å². The van der Waals surface area contributed by atoms with Gasteiger partial charge in [0.15, 0.2) is 0 Å². The molecule has 64 valence electrons. The third-order valence-electron chi connectivity index (χ3n) is 2.91. The molecule has 11 heavy (non-hydrogen) atoms. The lowest BCUT2D eigenvalue weighted by molar-refractivity contribution is 0.304. The van der Waals surface area contributed by atoms with E-state index in [0.717, 1.165) is 18.4 Å². The van der Waals surface area contributed by atoms with Crippen LogP contribution in [0.3, 0.4) is 0 Å². The van der Waals surface area contributed by atoms with E-state index >= 15 is 0 Å². The zero-order valence-electron chi connectivity index (χ0n) is 7.34. The fourth-order valence-corrected chi connectivity index (χ4v) is 2.09. The summed E-state index contributed by atoms with van der Waals surface area (Å²) < 4.78 is 0. The molecule has 1 heterocycles. The highest BCUT2D eigenvalue weighted by molar-refractivity contribution is 4.96. The van der Waals surface area contributed by atoms with Crippen LogP contribution in [0.25, 0.3) is 0 Å². The Kier molecular flexibility index (Phi) is 2.14. The van der Waals surface area contributed by atoms with E-state index in [1.54, 1.807) is 0 Å². The van der Waals surface area contributed by atoms with E-state index in [9.17, 15) is 0 Å². The van der Waals surface area contributed by atoms with Gasteiger partial charge in [-0.15, -0.1) is 0 Å². The van der Waals surface area contributed by atoms with Gasteiger partial charge in [-0.2, -0.15) is 0 Å². The van der Waals surface area contributed by atoms with Crippen molar-refractivity contribution in [1.82, 2.24) is 10.2 Å². The van der Waals surface area contributed by atoms with Gasteiger partial charge in [-0.25, -0.2) is 0 Å². The summed E-state index contributed by atoms with van der Waals surface area (Å²) >= 11 is 0. The molecule has 2 fully saturated rings. The van der Waals surface area contributed by atoms with Gasteiger partial charge in [-0.3, -0.25) is 0 Å². The lowest BCUT2D eigenvalue weighted by Crippen LogP contribution is -2.31. The molecule has 0 spiro atoms. The van der Waals surface area contributed by atoms with Crippen molar-refractivity contribution in [3.05, 3.63) is 0 Å². The monoisotopic (exact) mass is 154 g/mol. The molecule has 1 saturated heterocycles. The van der Waals surface area contributed by atoms with Gasteiger partial charge in [0.05, 0.1) is 0 Å². The Morgan fingerprint density at radius 2 is 2.09 bits per heavy atom. The largest absolute Gasteiger partial charge is 0.316 e. The molecule has 2 aliphatic rings. The van der Waals surface area contributed by atoms with Gasteiger partial charge in [-0.05, 0) is 24.8 Å². The van der Waals surface area contributed by atoms with E-state index < -0.39 is 0 Å². The molecule has 0 radical (unpaired) electrons. The molecule has 0 aromatic heterocycles. The average molecular weight is 154 g/mol. The lowest BCUT2D eigenvalue weighted by Gasteiger charge is -2.16. The summed E-state index contributed by atoms with van der Waals surface area (Å²) in [6.45, 7) is 8.49. The summed E-state index contributed by atoms with van der Waals surface area (Å²) in [5, 5.41) is 3.36. The second kappa shape index (κ2) is 3.11. The van der Waals surface area contributed by atoms with Crippen LogP contribution in [0.4, 0.5) is 0 Å². The van der Waals surface area contributed by atoms with Crippen LogP contribution in [0.5, 0.6) is 0 Å². The maximum absolute atomic E-state index is 3.36. The minimum Gasteiger partial charge on any atom is -0.316 e. The standard InChI is InChI=1S/C9H18N2/c1-2-10-3-4-11-6-8-5-9(8)7-11/h8-10H,2-7H2,1H3. The molecule has 1 aliphatic heterocycles. The Hall–Kier alpha value is -0.0800. The number of rotatable bonds is 4. The number of hydrogen-bond donors (Lipinski definition) is 1. The summed E-state index contributed by atoms with van der Waals surface area (Å²) in [6, 6.07) is 0. The van der Waals surface area contributed by atoms with Crippen LogP contribution in [0.15, 0.2) is 0 Å². The molecule has 0 aromatic carbocycles. The summed E-state index contributed by atoms with van der Waals surface area (Å²) in [5.41, 5.74) is 0. The van der Waals surface area contributed by atoms with Gasteiger partial charge in [0.2, 0.25) is 0 Å². The molecule has 2 unspecified atom stereocenters. The fraction of sp³-hybridized carbons (Fsp3) is 1.00. The van der Waals surface area contributed by atoms with Gasteiger partial charge in [0, 0.05) is 26.2 Å². The van der Waals surface area contributed by atoms with Crippen molar-refractivity contribution in [2.45, 2.75) is 13.3 Å². The van der Waals surface area contributed by atoms with Crippen LogP contribution in [0.1, 0.15) is 13.3 Å². The molecule has 0 amide bonds. The smallest absolute Gasteiger partial charge is 0.0107 e. The molecule has 1 saturated carbocycles. The number of hydrogen-bond acceptors (Lipinski definition) is 2. The highest BCUT2D eigenvalue weighted by Gasteiger charge is 2.44. The zero-order valence-corrected chi connectivity index (χ0v) is 7.34. The van der Waals surface area contributed by atoms with Crippen molar-refractivity contribution in [1.29, 1.82) is 0 Å². The highest BCUT2D eigenvalue weighted by Crippen LogP contribution is 2.44. The molecule has 2 rings (SSSR count). The van der Waals surface area contributed by atoms with E-state index in [1.807, 2.05) is 0 Å². The third kappa shape index (κ3) is 1.74. The summed E-state index contributed by atoms with van der Waals surface area (Å²) in [6.07, 6.45) is 1.53. The summed E-state index contributed by atoms with van der Waals surface area (Å²) in [5.74, 6) is 2.19. The molecular formula is C9H18N2. The van der Waals surface area contributed by atoms with E-state index in [1.165, 1.54) is 32.6 Å². The van der Waals surface area contributed by atoms with E-state index in [-0.39, 0.29) is 0 Å². The molecule has 2 nitrogen and oxygen atoms in total. The number of nitrogens with zero attached hydrogens (tertiary/aromatic N) is 1. The summed E-state index contributed by atoms with van der Waals surface area (Å²) in [4.78, 5) is 2.60. The van der Waals surface area contributed by atoms with Crippen molar-refractivity contribution < 1.29 is 0 Å². The maximum atomic E-state index is 3.36. The first-order valence-electron chi connectivity index (χ1n) is 4.83. The van der Waals surface area contributed by atoms with Crippen LogP contribution >= 0.6 is 0 Å². The van der Waals surface area contributed by atoms with Crippen molar-refractivity contribution in [2.24, 2.45) is 11.8 Å². The van der Waals surface area contributed by atoms with Crippen LogP contribution in [0, 0.1) is 11.8 Å². The molecule has 0 aromatic rings. The zero-order chi connectivity index (χ0) is 7.68. The Labute approximate surface area is 69.0 Å². The van der Waals surface area contributed by atoms with Crippen molar-refractivity contribution in [2.75, 3.05) is 32.7 Å². The Balaban J connectivity index is 1.57. The fourth-order valence-electron chi connectivity index (χ4n) is 2.09. The van der Waals surface area contributed by atoms with Gasteiger partial charge in [0.25, 0.3) is 0 Å². The van der Waals surface area contributed by atoms with Crippen LogP contribution in [-0.2, 0) is 0 Å². The molecule has 0 bridgehead atoms. The second-order valence-corrected chi connectivity index (χ2v) is 3.87. The number of fused-ring (bicyclic) bond motifs is 1. The second-order valence-electron chi connectivity index (χ2n) is 3.87. The third-order valence-corrected chi connectivity index (χ3v) is 2.91. The SMILES string of the molecule is CCNCCN1CC2CC2C1. The first-order valence-corrected chi connectivity index (χ1v) is 4.83. The molecule has 2 heteroatoms. The average Bonchev–Trinajstić information content (AvgIpc) is 2.61. The van der Waals surface area contributed by atoms with Crippen LogP contribution in [0.2, 0.25) is 0 Å². The normalized spacial score (nSPS) is 35.7. The molecule has 2 atom stereocenters. The predicted molar refractivity (Wildman–Crippen MR) is 46.6 cm³/mol. The summed E-state index contributed by atoms with van der Waals surface area (Å²) in [7, 11) is 0. The molecule has 1 aliphatic carbocycles. The molecule has 1 N–H and O–H groups in total.